The van der Waals surface area contributed by atoms with Crippen LogP contribution in [0.2, 0.25) is 0 Å². The maximum absolute atomic E-state index is 12.4. The van der Waals surface area contributed by atoms with Gasteiger partial charge in [-0.15, -0.1) is 0 Å². The van der Waals surface area contributed by atoms with Gasteiger partial charge in [-0.1, -0.05) is 31.9 Å². The van der Waals surface area contributed by atoms with Crippen molar-refractivity contribution >= 4 is 11.8 Å². The van der Waals surface area contributed by atoms with E-state index >= 15 is 0 Å². The van der Waals surface area contributed by atoms with Crippen LogP contribution in [0.15, 0.2) is 24.3 Å². The summed E-state index contributed by atoms with van der Waals surface area (Å²) in [7, 11) is 3.74. The molecule has 1 N–H and O–H groups in total. The number of hydrogen-bond acceptors (Lipinski definition) is 6. The number of piperazine rings is 1. The minimum Gasteiger partial charge on any atom is -0.491 e. The van der Waals surface area contributed by atoms with Gasteiger partial charge in [0.2, 0.25) is 0 Å². The molecule has 0 unspecified atom stereocenters. The Morgan fingerprint density at radius 2 is 1.93 bits per heavy atom. The molecule has 28 heavy (non-hydrogen) atoms. The predicted octanol–water partition coefficient (Wildman–Crippen LogP) is 3.07. The van der Waals surface area contributed by atoms with Gasteiger partial charge in [0.15, 0.2) is 0 Å². The topological polar surface area (TPSA) is 63.3 Å². The highest BCUT2D eigenvalue weighted by atomic mass is 16.6. The Balaban J connectivity index is 1.86. The first kappa shape index (κ1) is 22.5. The lowest BCUT2D eigenvalue weighted by Crippen LogP contribution is -2.48. The van der Waals surface area contributed by atoms with Crippen molar-refractivity contribution in [1.82, 2.24) is 9.80 Å². The highest BCUT2D eigenvalue weighted by Gasteiger charge is 2.22. The molecule has 1 amide bonds. The van der Waals surface area contributed by atoms with Gasteiger partial charge in [-0.3, -0.25) is 10.2 Å². The second-order valence-electron chi connectivity index (χ2n) is 7.26. The summed E-state index contributed by atoms with van der Waals surface area (Å²) in [6, 6.07) is 7.44. The van der Waals surface area contributed by atoms with Gasteiger partial charge in [0.1, 0.15) is 11.9 Å². The fourth-order valence-electron chi connectivity index (χ4n) is 3.15. The maximum atomic E-state index is 12.4. The molecule has 0 aromatic heterocycles. The van der Waals surface area contributed by atoms with Crippen molar-refractivity contribution in [3.63, 3.8) is 0 Å². The number of carbonyl (C=O) groups excluding carboxylic acids is 1. The van der Waals surface area contributed by atoms with Crippen LogP contribution in [0.5, 0.6) is 5.75 Å². The number of nitrogens with zero attached hydrogens (tertiary/aromatic N) is 2. The first-order chi connectivity index (χ1) is 13.6. The van der Waals surface area contributed by atoms with Gasteiger partial charge in [0.25, 0.3) is 0 Å². The molecule has 1 fully saturated rings. The van der Waals surface area contributed by atoms with E-state index in [0.717, 1.165) is 45.4 Å². The van der Waals surface area contributed by atoms with E-state index in [2.05, 4.69) is 29.1 Å². The van der Waals surface area contributed by atoms with E-state index in [0.29, 0.717) is 31.2 Å². The highest BCUT2D eigenvalue weighted by Crippen LogP contribution is 2.24. The van der Waals surface area contributed by atoms with Crippen molar-refractivity contribution in [3.8, 4) is 5.75 Å². The fourth-order valence-corrected chi connectivity index (χ4v) is 3.15. The molecule has 7 nitrogen and oxygen atoms in total. The second-order valence-corrected chi connectivity index (χ2v) is 7.26. The molecule has 0 radical (unpaired) electrons. The predicted molar refractivity (Wildman–Crippen MR) is 111 cm³/mol. The summed E-state index contributed by atoms with van der Waals surface area (Å²) in [4.78, 5) is 17.1. The first-order valence-corrected chi connectivity index (χ1v) is 10.2. The Morgan fingerprint density at radius 1 is 1.18 bits per heavy atom. The number of anilines is 1. The van der Waals surface area contributed by atoms with Gasteiger partial charge in [-0.25, -0.2) is 4.79 Å². The molecule has 1 saturated heterocycles. The zero-order chi connectivity index (χ0) is 20.2. The summed E-state index contributed by atoms with van der Waals surface area (Å²) < 4.78 is 16.7. The van der Waals surface area contributed by atoms with Gasteiger partial charge in [-0.2, -0.15) is 0 Å². The van der Waals surface area contributed by atoms with Crippen LogP contribution in [0.3, 0.4) is 0 Å². The van der Waals surface area contributed by atoms with Gasteiger partial charge in [-0.05, 0) is 25.6 Å². The molecule has 0 saturated carbocycles. The summed E-state index contributed by atoms with van der Waals surface area (Å²) in [5.41, 5.74) is 0.625. The molecule has 158 valence electrons. The van der Waals surface area contributed by atoms with Crippen molar-refractivity contribution in [3.05, 3.63) is 24.3 Å². The summed E-state index contributed by atoms with van der Waals surface area (Å²) in [6.45, 7) is 7.82. The molecule has 1 aliphatic rings. The molecule has 1 aliphatic heterocycles. The zero-order valence-electron chi connectivity index (χ0n) is 17.5. The molecule has 0 aliphatic carbocycles. The number of rotatable bonds is 11. The average Bonchev–Trinajstić information content (AvgIpc) is 2.68. The van der Waals surface area contributed by atoms with E-state index in [9.17, 15) is 4.79 Å². The van der Waals surface area contributed by atoms with Gasteiger partial charge < -0.3 is 19.1 Å². The molecule has 7 heteroatoms. The van der Waals surface area contributed by atoms with Gasteiger partial charge >= 0.3 is 6.09 Å². The summed E-state index contributed by atoms with van der Waals surface area (Å²) in [5.74, 6) is 0.665. The van der Waals surface area contributed by atoms with Crippen molar-refractivity contribution in [2.45, 2.75) is 32.3 Å². The van der Waals surface area contributed by atoms with Crippen LogP contribution in [-0.4, -0.2) is 82.1 Å². The Morgan fingerprint density at radius 3 is 2.64 bits per heavy atom. The number of amides is 1. The van der Waals surface area contributed by atoms with Gasteiger partial charge in [0, 0.05) is 39.8 Å². The van der Waals surface area contributed by atoms with Crippen molar-refractivity contribution in [1.29, 1.82) is 0 Å². The second kappa shape index (κ2) is 12.6. The minimum absolute atomic E-state index is 0.314. The van der Waals surface area contributed by atoms with E-state index in [-0.39, 0.29) is 6.10 Å². The number of carbonyl (C=O) groups is 1. The standard InChI is InChI=1S/C21H35N3O4/c1-4-5-8-15-27-20-10-7-6-9-19(20)22-21(25)28-18(17-26-3)16-24-13-11-23(2)12-14-24/h6-7,9-10,18H,4-5,8,11-17H2,1-3H3,(H,22,25)/t18-/m1/s1. The van der Waals surface area contributed by atoms with E-state index < -0.39 is 6.09 Å². The lowest BCUT2D eigenvalue weighted by Gasteiger charge is -2.34. The number of methoxy groups -OCH3 is 1. The lowest BCUT2D eigenvalue weighted by molar-refractivity contribution is 0.0157. The van der Waals surface area contributed by atoms with Crippen LogP contribution in [-0.2, 0) is 9.47 Å². The third-order valence-electron chi connectivity index (χ3n) is 4.81. The number of nitrogens with one attached hydrogen (secondary N) is 1. The molecule has 1 atom stereocenters. The van der Waals surface area contributed by atoms with Crippen LogP contribution in [0.1, 0.15) is 26.2 Å². The van der Waals surface area contributed by atoms with E-state index in [1.165, 1.54) is 0 Å². The van der Waals surface area contributed by atoms with E-state index in [1.54, 1.807) is 7.11 Å². The number of para-hydroxylation sites is 2. The van der Waals surface area contributed by atoms with Crippen molar-refractivity contribution < 1.29 is 19.0 Å². The Bertz CT molecular complexity index is 577. The van der Waals surface area contributed by atoms with Gasteiger partial charge in [0.05, 0.1) is 18.9 Å². The van der Waals surface area contributed by atoms with Crippen LogP contribution in [0, 0.1) is 0 Å². The third-order valence-corrected chi connectivity index (χ3v) is 4.81. The monoisotopic (exact) mass is 393 g/mol. The Kier molecular flexibility index (Phi) is 10.1. The fraction of sp³-hybridized carbons (Fsp3) is 0.667. The van der Waals surface area contributed by atoms with E-state index in [1.807, 2.05) is 24.3 Å². The normalized spacial score (nSPS) is 16.5. The summed E-state index contributed by atoms with van der Waals surface area (Å²) in [5, 5.41) is 2.82. The quantitative estimate of drug-likeness (QED) is 0.583. The average molecular weight is 394 g/mol. The molecule has 0 spiro atoms. The molecule has 1 heterocycles. The van der Waals surface area contributed by atoms with Crippen LogP contribution < -0.4 is 10.1 Å². The number of hydrogen-bond donors (Lipinski definition) is 1. The van der Waals surface area contributed by atoms with E-state index in [4.69, 9.17) is 14.2 Å². The number of benzene rings is 1. The lowest BCUT2D eigenvalue weighted by atomic mass is 10.2. The third kappa shape index (κ3) is 8.04. The molecule has 1 aromatic carbocycles. The van der Waals surface area contributed by atoms with Crippen molar-refractivity contribution in [2.75, 3.05) is 65.4 Å². The SMILES string of the molecule is CCCCCOc1ccccc1NC(=O)O[C@@H](COC)CN1CCN(C)CC1. The largest absolute Gasteiger partial charge is 0.491 e. The molecule has 2 rings (SSSR count). The molecular formula is C21H35N3O4. The molecule has 1 aromatic rings. The number of ether oxygens (including phenoxy) is 3. The van der Waals surface area contributed by atoms with Crippen LogP contribution in [0.4, 0.5) is 10.5 Å². The molecular weight excluding hydrogens is 358 g/mol. The number of unbranched alkanes of at least 4 members (excludes halogenated alkanes) is 2. The Labute approximate surface area is 168 Å². The summed E-state index contributed by atoms with van der Waals surface area (Å²) >= 11 is 0. The zero-order valence-corrected chi connectivity index (χ0v) is 17.5. The number of likely N-dealkylation sites (N-methyl/N-ethyl adjacent to an activating group) is 1. The minimum atomic E-state index is -0.485. The van der Waals surface area contributed by atoms with Crippen molar-refractivity contribution in [2.24, 2.45) is 0 Å². The maximum Gasteiger partial charge on any atom is 0.412 e. The van der Waals surface area contributed by atoms with Crippen LogP contribution in [0.25, 0.3) is 0 Å². The Hall–Kier alpha value is -1.83. The summed E-state index contributed by atoms with van der Waals surface area (Å²) in [6.07, 6.45) is 2.47. The smallest absolute Gasteiger partial charge is 0.412 e. The van der Waals surface area contributed by atoms with Crippen LogP contribution >= 0.6 is 0 Å². The first-order valence-electron chi connectivity index (χ1n) is 10.2. The molecule has 0 bridgehead atoms. The highest BCUT2D eigenvalue weighted by molar-refractivity contribution is 5.86.